The van der Waals surface area contributed by atoms with Crippen LogP contribution in [0.5, 0.6) is 0 Å². The number of methoxy groups -OCH3 is 2. The normalized spacial score (nSPS) is 14.9. The number of carbonyl (C=O) groups is 2. The van der Waals surface area contributed by atoms with Gasteiger partial charge in [0.2, 0.25) is 0 Å². The second-order valence-electron chi connectivity index (χ2n) is 4.74. The molecule has 0 aromatic rings. The standard InChI is InChI=1S/C12H23NO4/c1-7-8-12(4,10(15)16-5)13-9(14)11(2,3)17-6/h7-8H2,1-6H3,(H,13,14). The predicted octanol–water partition coefficient (Wildman–Crippen LogP) is 1.26. The number of carbonyl (C=O) groups excluding carboxylic acids is 2. The van der Waals surface area contributed by atoms with E-state index in [1.165, 1.54) is 14.2 Å². The van der Waals surface area contributed by atoms with Crippen molar-refractivity contribution in [2.75, 3.05) is 14.2 Å². The van der Waals surface area contributed by atoms with E-state index in [-0.39, 0.29) is 5.91 Å². The van der Waals surface area contributed by atoms with E-state index in [1.54, 1.807) is 20.8 Å². The van der Waals surface area contributed by atoms with Crippen LogP contribution in [0.4, 0.5) is 0 Å². The molecule has 0 aromatic heterocycles. The molecule has 0 radical (unpaired) electrons. The van der Waals surface area contributed by atoms with Crippen molar-refractivity contribution in [3.63, 3.8) is 0 Å². The quantitative estimate of drug-likeness (QED) is 0.715. The third-order valence-corrected chi connectivity index (χ3v) is 2.83. The number of amides is 1. The van der Waals surface area contributed by atoms with E-state index in [9.17, 15) is 9.59 Å². The average molecular weight is 245 g/mol. The maximum atomic E-state index is 12.0. The summed E-state index contributed by atoms with van der Waals surface area (Å²) in [7, 11) is 2.76. The molecule has 0 heterocycles. The number of nitrogens with one attached hydrogen (secondary N) is 1. The number of esters is 1. The Morgan fingerprint density at radius 2 is 1.71 bits per heavy atom. The molecule has 0 aromatic carbocycles. The van der Waals surface area contributed by atoms with Crippen LogP contribution in [0.1, 0.15) is 40.5 Å². The average Bonchev–Trinajstić information content (AvgIpc) is 2.27. The Kier molecular flexibility index (Phi) is 5.61. The van der Waals surface area contributed by atoms with E-state index < -0.39 is 17.1 Å². The highest BCUT2D eigenvalue weighted by molar-refractivity contribution is 5.91. The minimum atomic E-state index is -1.00. The molecule has 100 valence electrons. The van der Waals surface area contributed by atoms with E-state index in [4.69, 9.17) is 9.47 Å². The van der Waals surface area contributed by atoms with Crippen LogP contribution < -0.4 is 5.32 Å². The van der Waals surface area contributed by atoms with Crippen LogP contribution in [0.25, 0.3) is 0 Å². The molecule has 1 atom stereocenters. The predicted molar refractivity (Wildman–Crippen MR) is 64.6 cm³/mol. The number of rotatable bonds is 6. The van der Waals surface area contributed by atoms with Gasteiger partial charge in [0, 0.05) is 7.11 Å². The summed E-state index contributed by atoms with van der Waals surface area (Å²) in [4.78, 5) is 23.7. The molecule has 0 aliphatic heterocycles. The van der Waals surface area contributed by atoms with E-state index in [0.29, 0.717) is 6.42 Å². The second kappa shape index (κ2) is 6.00. The van der Waals surface area contributed by atoms with Gasteiger partial charge in [-0.15, -0.1) is 0 Å². The third-order valence-electron chi connectivity index (χ3n) is 2.83. The van der Waals surface area contributed by atoms with E-state index in [2.05, 4.69) is 5.32 Å². The van der Waals surface area contributed by atoms with Gasteiger partial charge in [0.15, 0.2) is 0 Å². The first-order chi connectivity index (χ1) is 7.73. The van der Waals surface area contributed by atoms with Gasteiger partial charge < -0.3 is 14.8 Å². The summed E-state index contributed by atoms with van der Waals surface area (Å²) < 4.78 is 9.79. The van der Waals surface area contributed by atoms with E-state index in [1.807, 2.05) is 6.92 Å². The van der Waals surface area contributed by atoms with Crippen molar-refractivity contribution in [2.24, 2.45) is 0 Å². The van der Waals surface area contributed by atoms with Gasteiger partial charge in [0.1, 0.15) is 11.1 Å². The topological polar surface area (TPSA) is 64.6 Å². The largest absolute Gasteiger partial charge is 0.467 e. The summed E-state index contributed by atoms with van der Waals surface area (Å²) in [6.07, 6.45) is 1.28. The first kappa shape index (κ1) is 15.9. The fourth-order valence-electron chi connectivity index (χ4n) is 1.43. The first-order valence-corrected chi connectivity index (χ1v) is 5.69. The Labute approximate surface area is 103 Å². The zero-order valence-electron chi connectivity index (χ0n) is 11.5. The van der Waals surface area contributed by atoms with Crippen LogP contribution in [0.15, 0.2) is 0 Å². The minimum absolute atomic E-state index is 0.332. The maximum Gasteiger partial charge on any atom is 0.331 e. The first-order valence-electron chi connectivity index (χ1n) is 5.69. The van der Waals surface area contributed by atoms with Crippen molar-refractivity contribution in [1.29, 1.82) is 0 Å². The molecule has 0 aliphatic rings. The molecule has 5 heteroatoms. The lowest BCUT2D eigenvalue weighted by molar-refractivity contribution is -0.154. The van der Waals surface area contributed by atoms with Crippen LogP contribution in [0.3, 0.4) is 0 Å². The van der Waals surface area contributed by atoms with Gasteiger partial charge in [-0.05, 0) is 27.2 Å². The molecule has 5 nitrogen and oxygen atoms in total. The highest BCUT2D eigenvalue weighted by Crippen LogP contribution is 2.17. The van der Waals surface area contributed by atoms with E-state index >= 15 is 0 Å². The van der Waals surface area contributed by atoms with Crippen LogP contribution in [-0.2, 0) is 19.1 Å². The van der Waals surface area contributed by atoms with Crippen molar-refractivity contribution in [3.05, 3.63) is 0 Å². The van der Waals surface area contributed by atoms with Crippen LogP contribution in [-0.4, -0.2) is 37.2 Å². The molecule has 17 heavy (non-hydrogen) atoms. The van der Waals surface area contributed by atoms with Gasteiger partial charge >= 0.3 is 5.97 Å². The summed E-state index contributed by atoms with van der Waals surface area (Å²) in [5, 5.41) is 2.70. The maximum absolute atomic E-state index is 12.0. The van der Waals surface area contributed by atoms with Gasteiger partial charge in [-0.25, -0.2) is 4.79 Å². The van der Waals surface area contributed by atoms with Gasteiger partial charge in [-0.1, -0.05) is 13.3 Å². The molecule has 0 aliphatic carbocycles. The molecular weight excluding hydrogens is 222 g/mol. The summed E-state index contributed by atoms with van der Waals surface area (Å²) in [6.45, 7) is 6.89. The van der Waals surface area contributed by atoms with Gasteiger partial charge in [-0.3, -0.25) is 4.79 Å². The molecule has 1 amide bonds. The lowest BCUT2D eigenvalue weighted by Crippen LogP contribution is -2.58. The number of hydrogen-bond acceptors (Lipinski definition) is 4. The van der Waals surface area contributed by atoms with Crippen molar-refractivity contribution < 1.29 is 19.1 Å². The smallest absolute Gasteiger partial charge is 0.331 e. The molecule has 0 fully saturated rings. The van der Waals surface area contributed by atoms with Crippen LogP contribution in [0, 0.1) is 0 Å². The SMILES string of the molecule is CCCC(C)(NC(=O)C(C)(C)OC)C(=O)OC. The third kappa shape index (κ3) is 4.00. The molecule has 0 saturated heterocycles. The second-order valence-corrected chi connectivity index (χ2v) is 4.74. The number of ether oxygens (including phenoxy) is 2. The van der Waals surface area contributed by atoms with Gasteiger partial charge in [0.25, 0.3) is 5.91 Å². The lowest BCUT2D eigenvalue weighted by Gasteiger charge is -2.31. The lowest BCUT2D eigenvalue weighted by atomic mass is 9.94. The fraction of sp³-hybridized carbons (Fsp3) is 0.833. The zero-order chi connectivity index (χ0) is 13.7. The minimum Gasteiger partial charge on any atom is -0.467 e. The Morgan fingerprint density at radius 1 is 1.18 bits per heavy atom. The Morgan fingerprint density at radius 3 is 2.06 bits per heavy atom. The summed E-state index contributed by atoms with van der Waals surface area (Å²) in [5.74, 6) is -0.777. The Bertz CT molecular complexity index is 288. The van der Waals surface area contributed by atoms with Crippen molar-refractivity contribution in [3.8, 4) is 0 Å². The summed E-state index contributed by atoms with van der Waals surface area (Å²) in [6, 6.07) is 0. The highest BCUT2D eigenvalue weighted by Gasteiger charge is 2.39. The molecule has 0 saturated carbocycles. The van der Waals surface area contributed by atoms with Crippen molar-refractivity contribution >= 4 is 11.9 Å². The number of hydrogen-bond donors (Lipinski definition) is 1. The Hall–Kier alpha value is -1.10. The monoisotopic (exact) mass is 245 g/mol. The van der Waals surface area contributed by atoms with E-state index in [0.717, 1.165) is 6.42 Å². The van der Waals surface area contributed by atoms with Crippen LogP contribution in [0.2, 0.25) is 0 Å². The molecular formula is C12H23NO4. The highest BCUT2D eigenvalue weighted by atomic mass is 16.5. The van der Waals surface area contributed by atoms with Crippen molar-refractivity contribution in [1.82, 2.24) is 5.32 Å². The molecule has 0 bridgehead atoms. The molecule has 0 spiro atoms. The Balaban J connectivity index is 4.89. The van der Waals surface area contributed by atoms with Gasteiger partial charge in [-0.2, -0.15) is 0 Å². The van der Waals surface area contributed by atoms with Gasteiger partial charge in [0.05, 0.1) is 7.11 Å². The van der Waals surface area contributed by atoms with Crippen LogP contribution >= 0.6 is 0 Å². The molecule has 1 N–H and O–H groups in total. The van der Waals surface area contributed by atoms with Crippen molar-refractivity contribution in [2.45, 2.75) is 51.7 Å². The fourth-order valence-corrected chi connectivity index (χ4v) is 1.43. The summed E-state index contributed by atoms with van der Waals surface area (Å²) in [5.41, 5.74) is -1.97. The summed E-state index contributed by atoms with van der Waals surface area (Å²) >= 11 is 0. The molecule has 1 unspecified atom stereocenters. The molecule has 0 rings (SSSR count). The zero-order valence-corrected chi connectivity index (χ0v) is 11.5.